The van der Waals surface area contributed by atoms with Gasteiger partial charge in [0, 0.05) is 6.92 Å². The summed E-state index contributed by atoms with van der Waals surface area (Å²) in [6, 6.07) is 4.86. The third kappa shape index (κ3) is 3.67. The summed E-state index contributed by atoms with van der Waals surface area (Å²) >= 11 is 0. The lowest BCUT2D eigenvalue weighted by atomic mass is 10.0. The molecule has 1 amide bonds. The van der Waals surface area contributed by atoms with Crippen LogP contribution in [0.3, 0.4) is 0 Å². The quantitative estimate of drug-likeness (QED) is 0.466. The van der Waals surface area contributed by atoms with E-state index in [2.05, 4.69) is 5.32 Å². The Hall–Kier alpha value is -1.67. The van der Waals surface area contributed by atoms with E-state index >= 15 is 0 Å². The molecule has 1 rings (SSSR count). The SMILES string of the molecule is CC(=O)NC(CO)C(O)c1ccc(N(O)O)cc1. The maximum Gasteiger partial charge on any atom is 0.217 e. The van der Waals surface area contributed by atoms with Gasteiger partial charge in [-0.05, 0) is 17.7 Å². The number of carbonyl (C=O) groups is 1. The second-order valence-electron chi connectivity index (χ2n) is 3.82. The number of rotatable bonds is 5. The molecule has 0 radical (unpaired) electrons. The highest BCUT2D eigenvalue weighted by molar-refractivity contribution is 5.73. The van der Waals surface area contributed by atoms with Crippen LogP contribution in [0.15, 0.2) is 24.3 Å². The molecule has 0 saturated carbocycles. The van der Waals surface area contributed by atoms with Crippen molar-refractivity contribution in [3.05, 3.63) is 29.8 Å². The highest BCUT2D eigenvalue weighted by atomic mass is 16.8. The lowest BCUT2D eigenvalue weighted by Gasteiger charge is -2.22. The number of hydrogen-bond acceptors (Lipinski definition) is 6. The molecule has 5 N–H and O–H groups in total. The van der Waals surface area contributed by atoms with Gasteiger partial charge in [-0.15, -0.1) is 5.23 Å². The summed E-state index contributed by atoms with van der Waals surface area (Å²) in [5.41, 5.74) is 0.569. The Balaban J connectivity index is 2.81. The van der Waals surface area contributed by atoms with Crippen molar-refractivity contribution in [1.82, 2.24) is 5.32 Å². The fraction of sp³-hybridized carbons (Fsp3) is 0.364. The van der Waals surface area contributed by atoms with Gasteiger partial charge in [-0.1, -0.05) is 12.1 Å². The number of anilines is 1. The maximum atomic E-state index is 10.9. The average molecular weight is 256 g/mol. The molecule has 0 heterocycles. The molecule has 1 aromatic carbocycles. The van der Waals surface area contributed by atoms with Crippen molar-refractivity contribution in [3.8, 4) is 0 Å². The van der Waals surface area contributed by atoms with Crippen molar-refractivity contribution >= 4 is 11.6 Å². The number of aliphatic hydroxyl groups excluding tert-OH is 2. The Morgan fingerprint density at radius 1 is 1.33 bits per heavy atom. The van der Waals surface area contributed by atoms with Crippen LogP contribution in [0.1, 0.15) is 18.6 Å². The summed E-state index contributed by atoms with van der Waals surface area (Å²) in [5.74, 6) is -0.360. The van der Waals surface area contributed by atoms with E-state index < -0.39 is 18.8 Å². The number of amides is 1. The fourth-order valence-electron chi connectivity index (χ4n) is 1.52. The molecule has 0 aromatic heterocycles. The Morgan fingerprint density at radius 3 is 2.28 bits per heavy atom. The van der Waals surface area contributed by atoms with Gasteiger partial charge in [0.25, 0.3) is 0 Å². The first-order valence-corrected chi connectivity index (χ1v) is 5.29. The first-order valence-electron chi connectivity index (χ1n) is 5.29. The molecule has 0 saturated heterocycles. The van der Waals surface area contributed by atoms with Crippen molar-refractivity contribution in [2.24, 2.45) is 0 Å². The summed E-state index contributed by atoms with van der Waals surface area (Å²) in [6.07, 6.45) is -1.08. The number of nitrogens with one attached hydrogen (secondary N) is 1. The van der Waals surface area contributed by atoms with Crippen LogP contribution in [0.4, 0.5) is 5.69 Å². The first kappa shape index (κ1) is 14.4. The predicted molar refractivity (Wildman–Crippen MR) is 62.1 cm³/mol. The number of benzene rings is 1. The third-order valence-electron chi connectivity index (χ3n) is 2.43. The van der Waals surface area contributed by atoms with Crippen molar-refractivity contribution in [3.63, 3.8) is 0 Å². The minimum atomic E-state index is -1.08. The molecule has 1 aromatic rings. The van der Waals surface area contributed by atoms with Gasteiger partial charge in [0.2, 0.25) is 5.91 Å². The van der Waals surface area contributed by atoms with Gasteiger partial charge < -0.3 is 15.5 Å². The molecule has 2 atom stereocenters. The average Bonchev–Trinajstić information content (AvgIpc) is 2.35. The zero-order chi connectivity index (χ0) is 13.7. The van der Waals surface area contributed by atoms with E-state index in [0.717, 1.165) is 0 Å². The standard InChI is InChI=1S/C11H16N2O5/c1-7(15)12-10(6-14)11(16)8-2-4-9(5-3-8)13(17)18/h2-5,10-11,14,16-18H,6H2,1H3,(H,12,15). The molecule has 100 valence electrons. The maximum absolute atomic E-state index is 10.9. The predicted octanol–water partition coefficient (Wildman–Crippen LogP) is -0.198. The number of hydrogen-bond donors (Lipinski definition) is 5. The second-order valence-corrected chi connectivity index (χ2v) is 3.82. The Bertz CT molecular complexity index is 393. The molecule has 0 spiro atoms. The van der Waals surface area contributed by atoms with E-state index in [1.165, 1.54) is 31.2 Å². The van der Waals surface area contributed by atoms with E-state index in [1.807, 2.05) is 0 Å². The molecule has 2 unspecified atom stereocenters. The lowest BCUT2D eigenvalue weighted by molar-refractivity contribution is -0.121. The molecular weight excluding hydrogens is 240 g/mol. The third-order valence-corrected chi connectivity index (χ3v) is 2.43. The summed E-state index contributed by atoms with van der Waals surface area (Å²) < 4.78 is 0. The number of nitrogens with zero attached hydrogens (tertiary/aromatic N) is 1. The Morgan fingerprint density at radius 2 is 1.89 bits per heavy atom. The molecule has 7 heteroatoms. The molecule has 7 nitrogen and oxygen atoms in total. The number of aliphatic hydroxyl groups is 2. The molecular formula is C11H16N2O5. The van der Waals surface area contributed by atoms with E-state index in [0.29, 0.717) is 5.56 Å². The summed E-state index contributed by atoms with van der Waals surface area (Å²) in [4.78, 5) is 10.9. The minimum Gasteiger partial charge on any atom is -0.394 e. The second kappa shape index (κ2) is 6.31. The van der Waals surface area contributed by atoms with Gasteiger partial charge in [0.05, 0.1) is 18.3 Å². The van der Waals surface area contributed by atoms with E-state index in [9.17, 15) is 9.90 Å². The van der Waals surface area contributed by atoms with Gasteiger partial charge in [-0.25, -0.2) is 0 Å². The highest BCUT2D eigenvalue weighted by Crippen LogP contribution is 2.20. The zero-order valence-corrected chi connectivity index (χ0v) is 9.82. The lowest BCUT2D eigenvalue weighted by Crippen LogP contribution is -2.40. The van der Waals surface area contributed by atoms with Gasteiger partial charge in [-0.2, -0.15) is 0 Å². The molecule has 0 aliphatic rings. The molecule has 18 heavy (non-hydrogen) atoms. The monoisotopic (exact) mass is 256 g/mol. The highest BCUT2D eigenvalue weighted by Gasteiger charge is 2.21. The van der Waals surface area contributed by atoms with Crippen LogP contribution in [0.2, 0.25) is 0 Å². The van der Waals surface area contributed by atoms with Crippen LogP contribution in [-0.2, 0) is 4.79 Å². The van der Waals surface area contributed by atoms with E-state index in [1.54, 1.807) is 0 Å². The Kier molecular flexibility index (Phi) is 5.05. The minimum absolute atomic E-state index is 0.0481. The summed E-state index contributed by atoms with van der Waals surface area (Å²) in [7, 11) is 0. The van der Waals surface area contributed by atoms with Crippen molar-refractivity contribution in [2.75, 3.05) is 11.8 Å². The molecule has 0 fully saturated rings. The van der Waals surface area contributed by atoms with Crippen LogP contribution in [0, 0.1) is 0 Å². The molecule has 0 bridgehead atoms. The van der Waals surface area contributed by atoms with E-state index in [-0.39, 0.29) is 16.8 Å². The first-order chi connectivity index (χ1) is 8.45. The van der Waals surface area contributed by atoms with Crippen molar-refractivity contribution in [1.29, 1.82) is 0 Å². The van der Waals surface area contributed by atoms with Crippen molar-refractivity contribution in [2.45, 2.75) is 19.1 Å². The van der Waals surface area contributed by atoms with Crippen LogP contribution in [-0.4, -0.2) is 39.2 Å². The van der Waals surface area contributed by atoms with Crippen LogP contribution in [0.25, 0.3) is 0 Å². The topological polar surface area (TPSA) is 113 Å². The van der Waals surface area contributed by atoms with E-state index in [4.69, 9.17) is 15.5 Å². The van der Waals surface area contributed by atoms with Crippen molar-refractivity contribution < 1.29 is 25.4 Å². The zero-order valence-electron chi connectivity index (χ0n) is 9.82. The largest absolute Gasteiger partial charge is 0.394 e. The van der Waals surface area contributed by atoms with Gasteiger partial charge in [0.1, 0.15) is 6.10 Å². The van der Waals surface area contributed by atoms with Gasteiger partial charge in [-0.3, -0.25) is 15.2 Å². The summed E-state index contributed by atoms with van der Waals surface area (Å²) in [6.45, 7) is 0.877. The molecule has 0 aliphatic carbocycles. The van der Waals surface area contributed by atoms with Crippen LogP contribution in [0.5, 0.6) is 0 Å². The smallest absolute Gasteiger partial charge is 0.217 e. The molecule has 0 aliphatic heterocycles. The summed E-state index contributed by atoms with van der Waals surface area (Å²) in [5, 5.41) is 38.9. The van der Waals surface area contributed by atoms with Crippen LogP contribution >= 0.6 is 0 Å². The Labute approximate surface area is 104 Å². The number of carbonyl (C=O) groups excluding carboxylic acids is 1. The van der Waals surface area contributed by atoms with Crippen LogP contribution < -0.4 is 10.5 Å². The van der Waals surface area contributed by atoms with Gasteiger partial charge >= 0.3 is 0 Å². The normalized spacial score (nSPS) is 13.8. The fourth-order valence-corrected chi connectivity index (χ4v) is 1.52. The van der Waals surface area contributed by atoms with Gasteiger partial charge in [0.15, 0.2) is 0 Å².